The fraction of sp³-hybridized carbons (Fsp3) is 0.0455. The number of hydrogen-bond donors (Lipinski definition) is 0. The van der Waals surface area contributed by atoms with Crippen LogP contribution >= 0.6 is 23.2 Å². The SMILES string of the molecule is O=C1/C(=C/c2cccc(Cl)c2Cl)[C@H](c2ccccc2)Oc2ccccc21. The Balaban J connectivity index is 1.90. The van der Waals surface area contributed by atoms with Crippen molar-refractivity contribution in [2.45, 2.75) is 6.10 Å². The monoisotopic (exact) mass is 380 g/mol. The summed E-state index contributed by atoms with van der Waals surface area (Å²) in [6, 6.07) is 22.3. The molecule has 0 radical (unpaired) electrons. The van der Waals surface area contributed by atoms with E-state index in [0.717, 1.165) is 5.56 Å². The predicted octanol–water partition coefficient (Wildman–Crippen LogP) is 6.39. The van der Waals surface area contributed by atoms with Crippen molar-refractivity contribution < 1.29 is 9.53 Å². The number of carbonyl (C=O) groups is 1. The third-order valence-electron chi connectivity index (χ3n) is 4.32. The molecule has 4 rings (SSSR count). The van der Waals surface area contributed by atoms with Gasteiger partial charge in [-0.3, -0.25) is 4.79 Å². The van der Waals surface area contributed by atoms with E-state index >= 15 is 0 Å². The third kappa shape index (κ3) is 3.03. The first-order chi connectivity index (χ1) is 12.6. The molecule has 0 saturated heterocycles. The van der Waals surface area contributed by atoms with Crippen LogP contribution in [0.1, 0.15) is 27.6 Å². The van der Waals surface area contributed by atoms with Crippen LogP contribution in [0.2, 0.25) is 10.0 Å². The molecule has 0 aliphatic carbocycles. The van der Waals surface area contributed by atoms with Crippen molar-refractivity contribution in [1.29, 1.82) is 0 Å². The summed E-state index contributed by atoms with van der Waals surface area (Å²) in [6.07, 6.45) is 1.26. The van der Waals surface area contributed by atoms with Gasteiger partial charge in [-0.25, -0.2) is 0 Å². The molecule has 0 aromatic heterocycles. The lowest BCUT2D eigenvalue weighted by atomic mass is 9.89. The van der Waals surface area contributed by atoms with Gasteiger partial charge >= 0.3 is 0 Å². The Morgan fingerprint density at radius 3 is 2.38 bits per heavy atom. The molecule has 0 bridgehead atoms. The molecule has 0 N–H and O–H groups in total. The maximum atomic E-state index is 13.2. The molecule has 0 unspecified atom stereocenters. The molecule has 3 aromatic rings. The fourth-order valence-electron chi connectivity index (χ4n) is 3.04. The molecule has 0 fully saturated rings. The van der Waals surface area contributed by atoms with Gasteiger partial charge in [-0.05, 0) is 35.4 Å². The summed E-state index contributed by atoms with van der Waals surface area (Å²) in [6.45, 7) is 0. The molecule has 2 nitrogen and oxygen atoms in total. The Bertz CT molecular complexity index is 1010. The lowest BCUT2D eigenvalue weighted by molar-refractivity contribution is 0.0963. The van der Waals surface area contributed by atoms with Gasteiger partial charge in [-0.1, -0.05) is 77.8 Å². The minimum Gasteiger partial charge on any atom is -0.480 e. The second-order valence-corrected chi connectivity index (χ2v) is 6.76. The Hall–Kier alpha value is -2.55. The number of ether oxygens (including phenoxy) is 1. The van der Waals surface area contributed by atoms with Gasteiger partial charge in [0.1, 0.15) is 5.75 Å². The number of halogens is 2. The van der Waals surface area contributed by atoms with Crippen molar-refractivity contribution in [3.05, 3.63) is 105 Å². The summed E-state index contributed by atoms with van der Waals surface area (Å²) in [5.41, 5.74) is 2.66. The van der Waals surface area contributed by atoms with Crippen molar-refractivity contribution in [2.75, 3.05) is 0 Å². The number of para-hydroxylation sites is 1. The molecule has 0 amide bonds. The fourth-order valence-corrected chi connectivity index (χ4v) is 3.40. The van der Waals surface area contributed by atoms with Crippen LogP contribution in [0.15, 0.2) is 78.4 Å². The molecule has 1 aliphatic rings. The molecule has 1 aliphatic heterocycles. The highest BCUT2D eigenvalue weighted by Gasteiger charge is 2.32. The van der Waals surface area contributed by atoms with Crippen LogP contribution in [0.3, 0.4) is 0 Å². The second-order valence-electron chi connectivity index (χ2n) is 5.98. The first-order valence-corrected chi connectivity index (χ1v) is 8.91. The predicted molar refractivity (Wildman–Crippen MR) is 105 cm³/mol. The van der Waals surface area contributed by atoms with Gasteiger partial charge < -0.3 is 4.74 Å². The normalized spacial score (nSPS) is 17.7. The molecular formula is C22H14Cl2O2. The summed E-state index contributed by atoms with van der Waals surface area (Å²) in [4.78, 5) is 13.2. The Kier molecular flexibility index (Phi) is 4.54. The number of Topliss-reactive ketones (excluding diaryl/α,β-unsaturated/α-hetero) is 1. The maximum absolute atomic E-state index is 13.2. The highest BCUT2D eigenvalue weighted by atomic mass is 35.5. The van der Waals surface area contributed by atoms with Crippen molar-refractivity contribution in [2.24, 2.45) is 0 Å². The van der Waals surface area contributed by atoms with E-state index in [-0.39, 0.29) is 5.78 Å². The average molecular weight is 381 g/mol. The van der Waals surface area contributed by atoms with Crippen LogP contribution in [0.4, 0.5) is 0 Å². The summed E-state index contributed by atoms with van der Waals surface area (Å²) < 4.78 is 6.18. The van der Waals surface area contributed by atoms with Gasteiger partial charge in [0.05, 0.1) is 15.6 Å². The van der Waals surface area contributed by atoms with Crippen molar-refractivity contribution in [3.8, 4) is 5.75 Å². The third-order valence-corrected chi connectivity index (χ3v) is 5.15. The number of fused-ring (bicyclic) bond motifs is 1. The topological polar surface area (TPSA) is 26.3 Å². The summed E-state index contributed by atoms with van der Waals surface area (Å²) in [5.74, 6) is 0.512. The molecule has 1 atom stereocenters. The van der Waals surface area contributed by atoms with Crippen LogP contribution in [0.25, 0.3) is 6.08 Å². The van der Waals surface area contributed by atoms with E-state index in [1.54, 1.807) is 24.3 Å². The van der Waals surface area contributed by atoms with Crippen LogP contribution in [-0.4, -0.2) is 5.78 Å². The summed E-state index contributed by atoms with van der Waals surface area (Å²) in [5, 5.41) is 0.863. The van der Waals surface area contributed by atoms with Crippen LogP contribution in [-0.2, 0) is 0 Å². The van der Waals surface area contributed by atoms with E-state index in [0.29, 0.717) is 32.5 Å². The Morgan fingerprint density at radius 1 is 0.846 bits per heavy atom. The molecule has 4 heteroatoms. The molecular weight excluding hydrogens is 367 g/mol. The van der Waals surface area contributed by atoms with Gasteiger partial charge in [0.2, 0.25) is 0 Å². The standard InChI is InChI=1S/C22H14Cl2O2/c23-18-11-6-9-15(20(18)24)13-17-21(25)16-10-4-5-12-19(16)26-22(17)14-7-2-1-3-8-14/h1-13,22H/b17-13-/t22-/m0/s1. The zero-order valence-electron chi connectivity index (χ0n) is 13.7. The zero-order chi connectivity index (χ0) is 18.1. The minimum atomic E-state index is -0.506. The van der Waals surface area contributed by atoms with Crippen LogP contribution < -0.4 is 4.74 Å². The van der Waals surface area contributed by atoms with E-state index in [9.17, 15) is 4.79 Å². The lowest BCUT2D eigenvalue weighted by Gasteiger charge is -2.28. The molecule has 128 valence electrons. The zero-order valence-corrected chi connectivity index (χ0v) is 15.2. The Morgan fingerprint density at radius 2 is 1.58 bits per heavy atom. The second kappa shape index (κ2) is 6.99. The smallest absolute Gasteiger partial charge is 0.196 e. The Labute approximate surface area is 161 Å². The molecule has 1 heterocycles. The van der Waals surface area contributed by atoms with E-state index in [4.69, 9.17) is 27.9 Å². The van der Waals surface area contributed by atoms with Crippen LogP contribution in [0, 0.1) is 0 Å². The van der Waals surface area contributed by atoms with Crippen LogP contribution in [0.5, 0.6) is 5.75 Å². The average Bonchev–Trinajstić information content (AvgIpc) is 2.68. The van der Waals surface area contributed by atoms with Gasteiger partial charge in [-0.15, -0.1) is 0 Å². The molecule has 3 aromatic carbocycles. The first kappa shape index (κ1) is 16.9. The summed E-state index contributed by atoms with van der Waals surface area (Å²) in [7, 11) is 0. The van der Waals surface area contributed by atoms with Crippen molar-refractivity contribution in [1.82, 2.24) is 0 Å². The highest BCUT2D eigenvalue weighted by molar-refractivity contribution is 6.43. The number of carbonyl (C=O) groups excluding carboxylic acids is 1. The molecule has 0 spiro atoms. The largest absolute Gasteiger partial charge is 0.480 e. The minimum absolute atomic E-state index is 0.0725. The van der Waals surface area contributed by atoms with E-state index in [1.165, 1.54) is 0 Å². The maximum Gasteiger partial charge on any atom is 0.196 e. The van der Waals surface area contributed by atoms with E-state index in [1.807, 2.05) is 54.6 Å². The molecule has 26 heavy (non-hydrogen) atoms. The highest BCUT2D eigenvalue weighted by Crippen LogP contribution is 2.40. The number of benzene rings is 3. The molecule has 0 saturated carbocycles. The van der Waals surface area contributed by atoms with Gasteiger partial charge in [0, 0.05) is 5.57 Å². The van der Waals surface area contributed by atoms with E-state index < -0.39 is 6.10 Å². The number of rotatable bonds is 2. The van der Waals surface area contributed by atoms with Crippen molar-refractivity contribution >= 4 is 35.1 Å². The number of hydrogen-bond acceptors (Lipinski definition) is 2. The summed E-state index contributed by atoms with van der Waals surface area (Å²) >= 11 is 12.5. The van der Waals surface area contributed by atoms with E-state index in [2.05, 4.69) is 0 Å². The van der Waals surface area contributed by atoms with Gasteiger partial charge in [-0.2, -0.15) is 0 Å². The van der Waals surface area contributed by atoms with Gasteiger partial charge in [0.15, 0.2) is 11.9 Å². The van der Waals surface area contributed by atoms with Crippen molar-refractivity contribution in [3.63, 3.8) is 0 Å². The first-order valence-electron chi connectivity index (χ1n) is 8.16. The number of ketones is 1. The lowest BCUT2D eigenvalue weighted by Crippen LogP contribution is -2.23. The van der Waals surface area contributed by atoms with Gasteiger partial charge in [0.25, 0.3) is 0 Å². The quantitative estimate of drug-likeness (QED) is 0.481.